The van der Waals surface area contributed by atoms with Gasteiger partial charge in [-0.3, -0.25) is 0 Å². The topological polar surface area (TPSA) is 61.4 Å². The summed E-state index contributed by atoms with van der Waals surface area (Å²) >= 11 is 0. The van der Waals surface area contributed by atoms with Gasteiger partial charge in [0.15, 0.2) is 5.82 Å². The number of carbonyl (C=O) groups is 1. The van der Waals surface area contributed by atoms with Crippen LogP contribution in [0.5, 0.6) is 0 Å². The quantitative estimate of drug-likeness (QED) is 0.531. The molecule has 32 heavy (non-hydrogen) atoms. The van der Waals surface area contributed by atoms with E-state index in [0.717, 1.165) is 35.7 Å². The number of nitrogens with one attached hydrogen (secondary N) is 1. The summed E-state index contributed by atoms with van der Waals surface area (Å²) < 4.78 is 0. The molecular formula is C26H25N5O. The minimum absolute atomic E-state index is 0.0220. The Balaban J connectivity index is 1.18. The Hall–Kier alpha value is -3.93. The molecule has 0 unspecified atom stereocenters. The highest BCUT2D eigenvalue weighted by Gasteiger charge is 2.22. The molecule has 2 amide bonds. The molecule has 4 aromatic rings. The molecule has 2 heterocycles. The van der Waals surface area contributed by atoms with Crippen molar-refractivity contribution in [3.05, 3.63) is 90.5 Å². The van der Waals surface area contributed by atoms with Crippen LogP contribution < -0.4 is 10.2 Å². The van der Waals surface area contributed by atoms with E-state index in [1.807, 2.05) is 59.5 Å². The standard InChI is InChI=1S/C26H25N5O/c32-26(27-19-20-6-2-1-3-7-20)31-16-14-30(15-17-31)25-13-12-24(28-29-25)23-11-10-21-8-4-5-9-22(21)18-23/h1-13,18H,14-17,19H2,(H,27,32). The van der Waals surface area contributed by atoms with Gasteiger partial charge in [0.1, 0.15) is 0 Å². The molecule has 1 aliphatic heterocycles. The van der Waals surface area contributed by atoms with E-state index in [1.54, 1.807) is 0 Å². The summed E-state index contributed by atoms with van der Waals surface area (Å²) in [5.74, 6) is 0.846. The molecule has 5 rings (SSSR count). The van der Waals surface area contributed by atoms with Gasteiger partial charge in [-0.2, -0.15) is 0 Å². The average Bonchev–Trinajstić information content (AvgIpc) is 2.88. The predicted octanol–water partition coefficient (Wildman–Crippen LogP) is 4.33. The molecule has 6 nitrogen and oxygen atoms in total. The number of nitrogens with zero attached hydrogens (tertiary/aromatic N) is 4. The third-order valence-corrected chi connectivity index (χ3v) is 5.87. The summed E-state index contributed by atoms with van der Waals surface area (Å²) in [5.41, 5.74) is 3.02. The summed E-state index contributed by atoms with van der Waals surface area (Å²) in [6.07, 6.45) is 0. The van der Waals surface area contributed by atoms with Crippen LogP contribution in [0.2, 0.25) is 0 Å². The number of aromatic nitrogens is 2. The van der Waals surface area contributed by atoms with Crippen molar-refractivity contribution in [2.45, 2.75) is 6.54 Å². The molecule has 160 valence electrons. The van der Waals surface area contributed by atoms with Gasteiger partial charge in [-0.1, -0.05) is 66.7 Å². The molecule has 1 fully saturated rings. The van der Waals surface area contributed by atoms with Gasteiger partial charge < -0.3 is 15.1 Å². The van der Waals surface area contributed by atoms with Crippen molar-refractivity contribution in [3.63, 3.8) is 0 Å². The van der Waals surface area contributed by atoms with Gasteiger partial charge >= 0.3 is 6.03 Å². The van der Waals surface area contributed by atoms with Crippen molar-refractivity contribution in [2.24, 2.45) is 0 Å². The Bertz CT molecular complexity index is 1200. The van der Waals surface area contributed by atoms with E-state index in [9.17, 15) is 4.79 Å². The van der Waals surface area contributed by atoms with Gasteiger partial charge in [-0.25, -0.2) is 4.79 Å². The van der Waals surface area contributed by atoms with Crippen LogP contribution in [0.15, 0.2) is 84.9 Å². The van der Waals surface area contributed by atoms with Crippen molar-refractivity contribution in [2.75, 3.05) is 31.1 Å². The molecule has 1 aliphatic rings. The van der Waals surface area contributed by atoms with Crippen LogP contribution in [-0.4, -0.2) is 47.3 Å². The Kier molecular flexibility index (Phi) is 5.66. The maximum Gasteiger partial charge on any atom is 0.317 e. The van der Waals surface area contributed by atoms with Crippen molar-refractivity contribution < 1.29 is 4.79 Å². The Morgan fingerprint density at radius 2 is 1.53 bits per heavy atom. The van der Waals surface area contributed by atoms with Crippen molar-refractivity contribution in [3.8, 4) is 11.3 Å². The summed E-state index contributed by atoms with van der Waals surface area (Å²) in [7, 11) is 0. The Morgan fingerprint density at radius 1 is 0.781 bits per heavy atom. The maximum absolute atomic E-state index is 12.5. The van der Waals surface area contributed by atoms with Crippen LogP contribution in [0, 0.1) is 0 Å². The summed E-state index contributed by atoms with van der Waals surface area (Å²) in [4.78, 5) is 16.5. The first-order valence-corrected chi connectivity index (χ1v) is 10.9. The number of hydrogen-bond donors (Lipinski definition) is 1. The lowest BCUT2D eigenvalue weighted by atomic mass is 10.1. The number of rotatable bonds is 4. The predicted molar refractivity (Wildman–Crippen MR) is 127 cm³/mol. The molecule has 0 saturated carbocycles. The zero-order valence-corrected chi connectivity index (χ0v) is 17.8. The number of carbonyl (C=O) groups excluding carboxylic acids is 1. The highest BCUT2D eigenvalue weighted by atomic mass is 16.2. The largest absolute Gasteiger partial charge is 0.352 e. The van der Waals surface area contributed by atoms with E-state index >= 15 is 0 Å². The van der Waals surface area contributed by atoms with E-state index in [0.29, 0.717) is 19.6 Å². The zero-order valence-electron chi connectivity index (χ0n) is 17.8. The lowest BCUT2D eigenvalue weighted by Gasteiger charge is -2.35. The van der Waals surface area contributed by atoms with Crippen LogP contribution in [0.1, 0.15) is 5.56 Å². The second kappa shape index (κ2) is 9.06. The molecule has 1 saturated heterocycles. The van der Waals surface area contributed by atoms with Crippen molar-refractivity contribution in [1.29, 1.82) is 0 Å². The number of piperazine rings is 1. The Labute approximate surface area is 187 Å². The number of urea groups is 1. The van der Waals surface area contributed by atoms with E-state index in [4.69, 9.17) is 0 Å². The normalized spacial score (nSPS) is 13.9. The number of amides is 2. The van der Waals surface area contributed by atoms with Crippen LogP contribution >= 0.6 is 0 Å². The molecule has 0 aliphatic carbocycles. The Morgan fingerprint density at radius 3 is 2.28 bits per heavy atom. The number of hydrogen-bond acceptors (Lipinski definition) is 4. The van der Waals surface area contributed by atoms with Crippen LogP contribution in [0.25, 0.3) is 22.0 Å². The van der Waals surface area contributed by atoms with Gasteiger partial charge in [0.2, 0.25) is 0 Å². The summed E-state index contributed by atoms with van der Waals surface area (Å²) in [6, 6.07) is 28.6. The number of anilines is 1. The first-order valence-electron chi connectivity index (χ1n) is 10.9. The van der Waals surface area contributed by atoms with Gasteiger partial charge in [0.25, 0.3) is 0 Å². The number of fused-ring (bicyclic) bond motifs is 1. The number of benzene rings is 3. The molecule has 1 aromatic heterocycles. The molecule has 0 bridgehead atoms. The lowest BCUT2D eigenvalue weighted by molar-refractivity contribution is 0.194. The lowest BCUT2D eigenvalue weighted by Crippen LogP contribution is -2.51. The molecule has 0 radical (unpaired) electrons. The fraction of sp³-hybridized carbons (Fsp3) is 0.192. The molecular weight excluding hydrogens is 398 g/mol. The zero-order chi connectivity index (χ0) is 21.8. The highest BCUT2D eigenvalue weighted by Crippen LogP contribution is 2.24. The van der Waals surface area contributed by atoms with Crippen molar-refractivity contribution in [1.82, 2.24) is 20.4 Å². The molecule has 0 spiro atoms. The third-order valence-electron chi connectivity index (χ3n) is 5.87. The van der Waals surface area contributed by atoms with E-state index in [1.165, 1.54) is 10.8 Å². The molecule has 0 atom stereocenters. The van der Waals surface area contributed by atoms with E-state index in [2.05, 4.69) is 50.7 Å². The minimum Gasteiger partial charge on any atom is -0.352 e. The van der Waals surface area contributed by atoms with Crippen LogP contribution in [0.4, 0.5) is 10.6 Å². The van der Waals surface area contributed by atoms with Gasteiger partial charge in [0, 0.05) is 38.3 Å². The summed E-state index contributed by atoms with van der Waals surface area (Å²) in [5, 5.41) is 14.3. The van der Waals surface area contributed by atoms with E-state index in [-0.39, 0.29) is 6.03 Å². The van der Waals surface area contributed by atoms with Gasteiger partial charge in [0.05, 0.1) is 5.69 Å². The van der Waals surface area contributed by atoms with E-state index < -0.39 is 0 Å². The van der Waals surface area contributed by atoms with Crippen molar-refractivity contribution >= 4 is 22.6 Å². The van der Waals surface area contributed by atoms with Gasteiger partial charge in [-0.05, 0) is 34.5 Å². The first-order chi connectivity index (χ1) is 15.8. The smallest absolute Gasteiger partial charge is 0.317 e. The van der Waals surface area contributed by atoms with Crippen LogP contribution in [-0.2, 0) is 6.54 Å². The average molecular weight is 424 g/mol. The third kappa shape index (κ3) is 4.39. The minimum atomic E-state index is -0.0220. The van der Waals surface area contributed by atoms with Gasteiger partial charge in [-0.15, -0.1) is 10.2 Å². The fourth-order valence-corrected chi connectivity index (χ4v) is 4.02. The molecule has 1 N–H and O–H groups in total. The second-order valence-electron chi connectivity index (χ2n) is 7.96. The highest BCUT2D eigenvalue weighted by molar-refractivity contribution is 5.86. The maximum atomic E-state index is 12.5. The summed E-state index contributed by atoms with van der Waals surface area (Å²) in [6.45, 7) is 3.34. The monoisotopic (exact) mass is 423 g/mol. The molecule has 6 heteroatoms. The first kappa shape index (κ1) is 20.0. The van der Waals surface area contributed by atoms with Crippen LogP contribution in [0.3, 0.4) is 0 Å². The fourth-order valence-electron chi connectivity index (χ4n) is 4.02. The molecule has 3 aromatic carbocycles. The SMILES string of the molecule is O=C(NCc1ccccc1)N1CCN(c2ccc(-c3ccc4ccccc4c3)nn2)CC1. The second-order valence-corrected chi connectivity index (χ2v) is 7.96.